The first-order valence-corrected chi connectivity index (χ1v) is 14.0. The van der Waals surface area contributed by atoms with Crippen LogP contribution in [0.4, 0.5) is 19.0 Å². The van der Waals surface area contributed by atoms with Crippen LogP contribution in [-0.4, -0.2) is 49.9 Å². The molecule has 1 saturated carbocycles. The molecule has 2 aliphatic heterocycles. The second kappa shape index (κ2) is 9.96. The van der Waals surface area contributed by atoms with Gasteiger partial charge in [0.25, 0.3) is 5.56 Å². The lowest BCUT2D eigenvalue weighted by Gasteiger charge is -2.29. The number of anilines is 1. The van der Waals surface area contributed by atoms with E-state index in [9.17, 15) is 17.8 Å². The number of hydrogen-bond acceptors (Lipinski definition) is 7. The monoisotopic (exact) mass is 549 g/mol. The second-order valence-corrected chi connectivity index (χ2v) is 11.8. The van der Waals surface area contributed by atoms with Gasteiger partial charge < -0.3 is 15.4 Å². The van der Waals surface area contributed by atoms with Gasteiger partial charge in [-0.05, 0) is 37.8 Å². The molecule has 3 aromatic rings. The Morgan fingerprint density at radius 2 is 1.87 bits per heavy atom. The molecule has 12 heteroatoms. The van der Waals surface area contributed by atoms with Crippen molar-refractivity contribution in [1.29, 1.82) is 0 Å². The normalized spacial score (nSPS) is 23.8. The number of alkyl halides is 3. The molecule has 0 radical (unpaired) electrons. The summed E-state index contributed by atoms with van der Waals surface area (Å²) in [7, 11) is 2.17. The maximum Gasteiger partial charge on any atom is 0.310 e. The molecule has 2 aromatic heterocycles. The molecule has 3 aliphatic rings. The number of pyridine rings is 1. The highest BCUT2D eigenvalue weighted by Crippen LogP contribution is 2.43. The lowest BCUT2D eigenvalue weighted by molar-refractivity contribution is -0.0214. The van der Waals surface area contributed by atoms with Gasteiger partial charge in [0.1, 0.15) is 29.2 Å². The number of rotatable bonds is 4. The third-order valence-corrected chi connectivity index (χ3v) is 8.52. The van der Waals surface area contributed by atoms with Crippen LogP contribution in [0, 0.1) is 0 Å². The molecule has 2 N–H and O–H groups in total. The van der Waals surface area contributed by atoms with Crippen molar-refractivity contribution in [3.05, 3.63) is 57.6 Å². The molecule has 2 fully saturated rings. The quantitative estimate of drug-likeness (QED) is 0.533. The van der Waals surface area contributed by atoms with Crippen molar-refractivity contribution in [1.82, 2.24) is 14.5 Å². The number of aromatic nitrogens is 3. The summed E-state index contributed by atoms with van der Waals surface area (Å²) in [6, 6.07) is 6.69. The molecule has 1 saturated heterocycles. The number of nitrogens with two attached hydrogens (primary N) is 1. The van der Waals surface area contributed by atoms with Crippen LogP contribution in [0.5, 0.6) is 5.75 Å². The number of halogens is 3. The van der Waals surface area contributed by atoms with Crippen molar-refractivity contribution in [2.45, 2.75) is 49.9 Å². The van der Waals surface area contributed by atoms with E-state index in [2.05, 4.69) is 9.97 Å². The van der Waals surface area contributed by atoms with Gasteiger partial charge in [-0.2, -0.15) is 8.78 Å². The van der Waals surface area contributed by atoms with Crippen molar-refractivity contribution in [2.75, 3.05) is 30.1 Å². The maximum atomic E-state index is 15.9. The van der Waals surface area contributed by atoms with E-state index in [0.29, 0.717) is 28.5 Å². The SMILES string of the molecule is CN(Cc1cccc2c1OCC2(F)F)c1ncnc2c1cc(C1(F)CCS(=O)CC1)c(=O)n2C.NC1CC1. The lowest BCUT2D eigenvalue weighted by Crippen LogP contribution is -2.37. The zero-order chi connectivity index (χ0) is 27.2. The van der Waals surface area contributed by atoms with E-state index < -0.39 is 34.6 Å². The van der Waals surface area contributed by atoms with Gasteiger partial charge in [-0.15, -0.1) is 0 Å². The minimum absolute atomic E-state index is 0.000916. The van der Waals surface area contributed by atoms with E-state index in [0.717, 1.165) is 0 Å². The van der Waals surface area contributed by atoms with Gasteiger partial charge in [0, 0.05) is 54.6 Å². The van der Waals surface area contributed by atoms with E-state index in [4.69, 9.17) is 10.5 Å². The number of para-hydroxylation sites is 1. The Morgan fingerprint density at radius 3 is 2.53 bits per heavy atom. The van der Waals surface area contributed by atoms with E-state index in [1.54, 1.807) is 24.1 Å². The molecule has 1 aliphatic carbocycles. The molecule has 6 rings (SSSR count). The van der Waals surface area contributed by atoms with E-state index in [1.807, 2.05) is 0 Å². The van der Waals surface area contributed by atoms with Crippen molar-refractivity contribution < 1.29 is 22.1 Å². The lowest BCUT2D eigenvalue weighted by atomic mass is 9.90. The Kier molecular flexibility index (Phi) is 6.97. The molecule has 0 bridgehead atoms. The van der Waals surface area contributed by atoms with Crippen LogP contribution in [0.3, 0.4) is 0 Å². The van der Waals surface area contributed by atoms with Crippen LogP contribution in [-0.2, 0) is 36.0 Å². The summed E-state index contributed by atoms with van der Waals surface area (Å²) in [5.74, 6) is -2.08. The summed E-state index contributed by atoms with van der Waals surface area (Å²) in [5.41, 5.74) is 3.58. The predicted molar refractivity (Wildman–Crippen MR) is 140 cm³/mol. The predicted octanol–water partition coefficient (Wildman–Crippen LogP) is 3.26. The van der Waals surface area contributed by atoms with Crippen LogP contribution in [0.1, 0.15) is 42.4 Å². The molecule has 8 nitrogen and oxygen atoms in total. The molecule has 0 unspecified atom stereocenters. The van der Waals surface area contributed by atoms with Gasteiger partial charge in [0.05, 0.1) is 16.5 Å². The van der Waals surface area contributed by atoms with Gasteiger partial charge in [-0.1, -0.05) is 12.1 Å². The van der Waals surface area contributed by atoms with Gasteiger partial charge in [0.2, 0.25) is 0 Å². The van der Waals surface area contributed by atoms with E-state index in [1.165, 1.54) is 42.9 Å². The third-order valence-electron chi connectivity index (χ3n) is 7.20. The van der Waals surface area contributed by atoms with Crippen LogP contribution >= 0.6 is 0 Å². The topological polar surface area (TPSA) is 103 Å². The van der Waals surface area contributed by atoms with Crippen molar-refractivity contribution in [3.8, 4) is 5.75 Å². The summed E-state index contributed by atoms with van der Waals surface area (Å²) < 4.78 is 62.4. The first kappa shape index (κ1) is 26.6. The van der Waals surface area contributed by atoms with Gasteiger partial charge >= 0.3 is 5.92 Å². The summed E-state index contributed by atoms with van der Waals surface area (Å²) in [6.07, 6.45) is 3.84. The second-order valence-electron chi connectivity index (χ2n) is 10.2. The van der Waals surface area contributed by atoms with Gasteiger partial charge in [-0.25, -0.2) is 14.4 Å². The molecular formula is C26H30F3N5O3S. The Morgan fingerprint density at radius 1 is 1.18 bits per heavy atom. The molecule has 0 amide bonds. The molecule has 4 heterocycles. The number of aryl methyl sites for hydroxylation is 1. The molecule has 1 aromatic carbocycles. The average molecular weight is 550 g/mol. The van der Waals surface area contributed by atoms with Gasteiger partial charge in [-0.3, -0.25) is 13.6 Å². The largest absolute Gasteiger partial charge is 0.486 e. The minimum Gasteiger partial charge on any atom is -0.486 e. The van der Waals surface area contributed by atoms with Crippen molar-refractivity contribution in [3.63, 3.8) is 0 Å². The zero-order valence-electron chi connectivity index (χ0n) is 21.3. The Labute approximate surface area is 220 Å². The fourth-order valence-corrected chi connectivity index (χ4v) is 6.07. The highest BCUT2D eigenvalue weighted by atomic mass is 32.2. The van der Waals surface area contributed by atoms with Crippen molar-refractivity contribution >= 4 is 27.7 Å². The number of ether oxygens (including phenoxy) is 1. The zero-order valence-corrected chi connectivity index (χ0v) is 22.1. The number of benzene rings is 1. The number of fused-ring (bicyclic) bond motifs is 2. The van der Waals surface area contributed by atoms with E-state index in [-0.39, 0.29) is 47.8 Å². The Balaban J connectivity index is 0.000000673. The first-order valence-electron chi connectivity index (χ1n) is 12.5. The highest BCUT2D eigenvalue weighted by molar-refractivity contribution is 7.85. The molecular weight excluding hydrogens is 519 g/mol. The Bertz CT molecular complexity index is 1450. The fraction of sp³-hybridized carbons (Fsp3) is 0.500. The summed E-state index contributed by atoms with van der Waals surface area (Å²) in [4.78, 5) is 23.3. The standard InChI is InChI=1S/C23H23F3N4O3S.C3H7N/c1-29(11-14-4-3-5-16-18(14)33-12-23(16,25)26)19-15-10-17(22(24)6-8-34(32)9-7-22)21(31)30(2)20(15)28-13-27-19;4-3-1-2-3/h3-5,10,13H,6-9,11-12H2,1-2H3;3H,1-2,4H2. The fourth-order valence-electron chi connectivity index (χ4n) is 4.76. The summed E-state index contributed by atoms with van der Waals surface area (Å²) in [5, 5.41) is 0.463. The molecule has 0 spiro atoms. The molecule has 38 heavy (non-hydrogen) atoms. The number of hydrogen-bond donors (Lipinski definition) is 1. The van der Waals surface area contributed by atoms with Crippen LogP contribution < -0.4 is 20.9 Å². The minimum atomic E-state index is -3.04. The smallest absolute Gasteiger partial charge is 0.310 e. The van der Waals surface area contributed by atoms with Gasteiger partial charge in [0.15, 0.2) is 6.61 Å². The maximum absolute atomic E-state index is 15.9. The van der Waals surface area contributed by atoms with Crippen LogP contribution in [0.15, 0.2) is 35.4 Å². The van der Waals surface area contributed by atoms with Crippen LogP contribution in [0.25, 0.3) is 11.0 Å². The highest BCUT2D eigenvalue weighted by Gasteiger charge is 2.42. The number of nitrogens with zero attached hydrogens (tertiary/aromatic N) is 4. The third kappa shape index (κ3) is 5.03. The van der Waals surface area contributed by atoms with Crippen LogP contribution in [0.2, 0.25) is 0 Å². The van der Waals surface area contributed by atoms with Crippen molar-refractivity contribution in [2.24, 2.45) is 12.8 Å². The molecule has 204 valence electrons. The molecule has 0 atom stereocenters. The summed E-state index contributed by atoms with van der Waals surface area (Å²) >= 11 is 0. The Hall–Kier alpha value is -2.99. The van der Waals surface area contributed by atoms with E-state index >= 15 is 4.39 Å². The average Bonchev–Trinajstić information content (AvgIpc) is 3.62. The summed E-state index contributed by atoms with van der Waals surface area (Å²) in [6.45, 7) is -0.502. The first-order chi connectivity index (χ1) is 18.0.